The molecular weight excluding hydrogens is 324 g/mol. The van der Waals surface area contributed by atoms with E-state index in [1.54, 1.807) is 10.7 Å². The molecule has 2 heteroatoms. The van der Waals surface area contributed by atoms with Crippen LogP contribution in [0.15, 0.2) is 42.5 Å². The molecule has 2 rings (SSSR count). The Bertz CT molecular complexity index is 483. The average Bonchev–Trinajstić information content (AvgIpc) is 2.35. The van der Waals surface area contributed by atoms with Crippen LogP contribution in [0.1, 0.15) is 11.1 Å². The van der Waals surface area contributed by atoms with Gasteiger partial charge in [0.1, 0.15) is 0 Å². The van der Waals surface area contributed by atoms with Gasteiger partial charge in [-0.2, -0.15) is 0 Å². The van der Waals surface area contributed by atoms with Gasteiger partial charge >= 0.3 is 113 Å². The Balaban J connectivity index is 2.25. The molecule has 0 spiro atoms. The van der Waals surface area contributed by atoms with Crippen molar-refractivity contribution in [1.29, 1.82) is 0 Å². The van der Waals surface area contributed by atoms with Crippen LogP contribution < -0.4 is 12.0 Å². The second-order valence-electron chi connectivity index (χ2n) is 4.00. The van der Waals surface area contributed by atoms with Gasteiger partial charge in [-0.25, -0.2) is 0 Å². The van der Waals surface area contributed by atoms with Gasteiger partial charge in [0.15, 0.2) is 0 Å². The summed E-state index contributed by atoms with van der Waals surface area (Å²) < 4.78 is 8.19. The predicted molar refractivity (Wildman–Crippen MR) is 73.9 cm³/mol. The summed E-state index contributed by atoms with van der Waals surface area (Å²) in [4.78, 5) is 0. The first-order chi connectivity index (χ1) is 8.20. The van der Waals surface area contributed by atoms with Crippen LogP contribution >= 0.6 is 0 Å². The summed E-state index contributed by atoms with van der Waals surface area (Å²) in [7, 11) is 1.71. The molecule has 0 aliphatic heterocycles. The molecule has 0 aliphatic carbocycles. The van der Waals surface area contributed by atoms with Crippen molar-refractivity contribution in [3.8, 4) is 5.75 Å². The van der Waals surface area contributed by atoms with Crippen LogP contribution in [0.5, 0.6) is 5.75 Å². The Labute approximate surface area is 113 Å². The molecule has 0 unspecified atom stereocenters. The summed E-state index contributed by atoms with van der Waals surface area (Å²) in [5.74, 6) is 0.933. The molecule has 2 aromatic carbocycles. The molecule has 88 valence electrons. The fraction of sp³-hybridized carbons (Fsp3) is 0.200. The zero-order valence-corrected chi connectivity index (χ0v) is 12.7. The van der Waals surface area contributed by atoms with Crippen molar-refractivity contribution in [1.82, 2.24) is 0 Å². The van der Waals surface area contributed by atoms with E-state index < -0.39 is 0 Å². The van der Waals surface area contributed by atoms with Crippen molar-refractivity contribution in [2.24, 2.45) is 0 Å². The third kappa shape index (κ3) is 3.03. The summed E-state index contributed by atoms with van der Waals surface area (Å²) in [6.45, 7) is 4.41. The van der Waals surface area contributed by atoms with E-state index in [1.165, 1.54) is 14.7 Å². The van der Waals surface area contributed by atoms with Crippen molar-refractivity contribution in [3.63, 3.8) is 0 Å². The summed E-state index contributed by atoms with van der Waals surface area (Å²) in [6.07, 6.45) is 0. The van der Waals surface area contributed by atoms with Gasteiger partial charge in [0.2, 0.25) is 0 Å². The summed E-state index contributed by atoms with van der Waals surface area (Å²) in [6, 6.07) is 15.0. The van der Waals surface area contributed by atoms with Crippen LogP contribution in [0.2, 0.25) is 0 Å². The fourth-order valence-corrected chi connectivity index (χ4v) is 4.48. The number of aryl methyl sites for hydroxylation is 2. The first kappa shape index (κ1) is 12.5. The molecular formula is C15H16OTe. The van der Waals surface area contributed by atoms with E-state index >= 15 is 0 Å². The zero-order valence-electron chi connectivity index (χ0n) is 10.4. The average molecular weight is 340 g/mol. The molecule has 1 nitrogen and oxygen atoms in total. The van der Waals surface area contributed by atoms with E-state index in [-0.39, 0.29) is 20.9 Å². The maximum atomic E-state index is 5.18. The monoisotopic (exact) mass is 342 g/mol. The van der Waals surface area contributed by atoms with Gasteiger partial charge in [-0.3, -0.25) is 0 Å². The molecule has 0 aromatic heterocycles. The molecule has 0 atom stereocenters. The maximum absolute atomic E-state index is 5.18. The first-order valence-corrected chi connectivity index (χ1v) is 7.92. The molecule has 0 amide bonds. The van der Waals surface area contributed by atoms with E-state index in [0.717, 1.165) is 5.75 Å². The molecule has 2 aromatic rings. The molecule has 0 saturated heterocycles. The molecule has 0 heterocycles. The summed E-state index contributed by atoms with van der Waals surface area (Å²) in [5, 5.41) is 0. The first-order valence-electron chi connectivity index (χ1n) is 5.59. The Morgan fingerprint density at radius 1 is 0.882 bits per heavy atom. The van der Waals surface area contributed by atoms with Gasteiger partial charge in [0, 0.05) is 0 Å². The van der Waals surface area contributed by atoms with Crippen LogP contribution in [-0.2, 0) is 0 Å². The number of methoxy groups -OCH3 is 1. The minimum atomic E-state index is -0.284. The topological polar surface area (TPSA) is 9.23 Å². The number of rotatable bonds is 3. The van der Waals surface area contributed by atoms with E-state index in [9.17, 15) is 0 Å². The Hall–Kier alpha value is -0.970. The number of hydrogen-bond acceptors (Lipinski definition) is 1. The Kier molecular flexibility index (Phi) is 4.10. The van der Waals surface area contributed by atoms with Gasteiger partial charge in [0.25, 0.3) is 0 Å². The van der Waals surface area contributed by atoms with Crippen LogP contribution in [0.3, 0.4) is 0 Å². The van der Waals surface area contributed by atoms with Crippen LogP contribution in [0.25, 0.3) is 0 Å². The third-order valence-corrected chi connectivity index (χ3v) is 6.56. The zero-order chi connectivity index (χ0) is 12.3. The van der Waals surface area contributed by atoms with Crippen molar-refractivity contribution in [3.05, 3.63) is 53.6 Å². The SMILES string of the molecule is COc1ccc([Te]c2c(C)cccc2C)cc1. The van der Waals surface area contributed by atoms with Crippen molar-refractivity contribution < 1.29 is 4.74 Å². The predicted octanol–water partition coefficient (Wildman–Crippen LogP) is 1.97. The Morgan fingerprint density at radius 2 is 1.47 bits per heavy atom. The fourth-order valence-electron chi connectivity index (χ4n) is 1.72. The van der Waals surface area contributed by atoms with E-state index in [0.29, 0.717) is 0 Å². The molecule has 0 N–H and O–H groups in total. The minimum absolute atomic E-state index is 0.284. The van der Waals surface area contributed by atoms with Gasteiger partial charge < -0.3 is 0 Å². The van der Waals surface area contributed by atoms with E-state index in [2.05, 4.69) is 44.2 Å². The standard InChI is InChI=1S/C15H16OTe/c1-11-5-4-6-12(2)15(11)17-14-9-7-13(16-3)8-10-14/h4-10H,1-3H3. The third-order valence-electron chi connectivity index (χ3n) is 2.69. The molecule has 0 radical (unpaired) electrons. The van der Waals surface area contributed by atoms with E-state index in [4.69, 9.17) is 4.74 Å². The van der Waals surface area contributed by atoms with Gasteiger partial charge in [-0.1, -0.05) is 0 Å². The summed E-state index contributed by atoms with van der Waals surface area (Å²) in [5.41, 5.74) is 2.84. The number of ether oxygens (including phenoxy) is 1. The van der Waals surface area contributed by atoms with Crippen LogP contribution in [0.4, 0.5) is 0 Å². The van der Waals surface area contributed by atoms with Crippen molar-refractivity contribution >= 4 is 28.1 Å². The number of benzene rings is 2. The number of hydrogen-bond donors (Lipinski definition) is 0. The molecule has 0 saturated carbocycles. The molecule has 0 bridgehead atoms. The normalized spacial score (nSPS) is 10.3. The van der Waals surface area contributed by atoms with Crippen molar-refractivity contribution in [2.45, 2.75) is 13.8 Å². The van der Waals surface area contributed by atoms with Gasteiger partial charge in [-0.05, 0) is 0 Å². The second kappa shape index (κ2) is 5.58. The summed E-state index contributed by atoms with van der Waals surface area (Å²) >= 11 is -0.284. The quantitative estimate of drug-likeness (QED) is 0.777. The molecule has 0 aliphatic rings. The van der Waals surface area contributed by atoms with Gasteiger partial charge in [-0.15, -0.1) is 0 Å². The van der Waals surface area contributed by atoms with E-state index in [1.807, 2.05) is 12.1 Å². The van der Waals surface area contributed by atoms with Crippen molar-refractivity contribution in [2.75, 3.05) is 7.11 Å². The Morgan fingerprint density at radius 3 is 2.00 bits per heavy atom. The molecule has 0 fully saturated rings. The van der Waals surface area contributed by atoms with Gasteiger partial charge in [0.05, 0.1) is 0 Å². The molecule has 17 heavy (non-hydrogen) atoms. The van der Waals surface area contributed by atoms with Crippen LogP contribution in [0, 0.1) is 13.8 Å². The second-order valence-corrected chi connectivity index (χ2v) is 7.09. The van der Waals surface area contributed by atoms with Crippen LogP contribution in [-0.4, -0.2) is 28.0 Å².